The van der Waals surface area contributed by atoms with E-state index in [1.165, 1.54) is 0 Å². The number of hydrogen-bond acceptors (Lipinski definition) is 4. The van der Waals surface area contributed by atoms with Crippen LogP contribution in [-0.4, -0.2) is 15.2 Å². The lowest BCUT2D eigenvalue weighted by molar-refractivity contribution is 0.207. The molecule has 0 aliphatic rings. The van der Waals surface area contributed by atoms with E-state index in [-0.39, 0.29) is 6.61 Å². The molecule has 0 aliphatic carbocycles. The summed E-state index contributed by atoms with van der Waals surface area (Å²) < 4.78 is 0. The monoisotopic (exact) mass is 240 g/mol. The molecule has 1 aromatic heterocycles. The topological polar surface area (TPSA) is 77.1 Å². The maximum atomic E-state index is 10.2. The highest BCUT2D eigenvalue weighted by atomic mass is 16.3. The Hall–Kier alpha value is -2.22. The lowest BCUT2D eigenvalue weighted by atomic mass is 10.0. The number of aromatic nitrogens is 1. The van der Waals surface area contributed by atoms with E-state index in [9.17, 15) is 10.2 Å². The van der Waals surface area contributed by atoms with Crippen LogP contribution in [0.2, 0.25) is 0 Å². The van der Waals surface area contributed by atoms with Gasteiger partial charge in [0.1, 0.15) is 6.10 Å². The van der Waals surface area contributed by atoms with Gasteiger partial charge in [-0.25, -0.2) is 0 Å². The maximum absolute atomic E-state index is 10.2. The van der Waals surface area contributed by atoms with E-state index in [0.29, 0.717) is 22.4 Å². The summed E-state index contributed by atoms with van der Waals surface area (Å²) in [7, 11) is 0. The van der Waals surface area contributed by atoms with Crippen LogP contribution < -0.4 is 0 Å². The van der Waals surface area contributed by atoms with Crippen LogP contribution in [0.1, 0.15) is 28.5 Å². The van der Waals surface area contributed by atoms with E-state index in [0.717, 1.165) is 0 Å². The molecule has 2 N–H and O–H groups in total. The molecule has 0 radical (unpaired) electrons. The van der Waals surface area contributed by atoms with Crippen molar-refractivity contribution in [3.8, 4) is 6.07 Å². The lowest BCUT2D eigenvalue weighted by Gasteiger charge is -2.13. The summed E-state index contributed by atoms with van der Waals surface area (Å²) in [6, 6.07) is 12.1. The molecule has 90 valence electrons. The molecule has 0 saturated heterocycles. The number of nitriles is 1. The fourth-order valence-electron chi connectivity index (χ4n) is 1.77. The zero-order valence-corrected chi connectivity index (χ0v) is 9.61. The van der Waals surface area contributed by atoms with Gasteiger partial charge in [-0.3, -0.25) is 4.98 Å². The Morgan fingerprint density at radius 3 is 2.83 bits per heavy atom. The molecular formula is C14H12N2O2. The van der Waals surface area contributed by atoms with Gasteiger partial charge in [0, 0.05) is 11.8 Å². The number of aliphatic hydroxyl groups excluding tert-OH is 2. The van der Waals surface area contributed by atoms with E-state index in [1.54, 1.807) is 42.6 Å². The molecule has 0 bridgehead atoms. The highest BCUT2D eigenvalue weighted by Gasteiger charge is 2.15. The van der Waals surface area contributed by atoms with Crippen molar-refractivity contribution in [1.29, 1.82) is 5.26 Å². The first kappa shape index (κ1) is 12.2. The van der Waals surface area contributed by atoms with Gasteiger partial charge in [-0.15, -0.1) is 0 Å². The fourth-order valence-corrected chi connectivity index (χ4v) is 1.77. The van der Waals surface area contributed by atoms with Crippen LogP contribution in [-0.2, 0) is 6.61 Å². The van der Waals surface area contributed by atoms with Crippen LogP contribution in [0.5, 0.6) is 0 Å². The molecule has 2 rings (SSSR count). The van der Waals surface area contributed by atoms with Gasteiger partial charge in [-0.05, 0) is 23.8 Å². The number of aliphatic hydroxyl groups is 2. The Balaban J connectivity index is 2.41. The molecule has 1 heterocycles. The number of rotatable bonds is 3. The summed E-state index contributed by atoms with van der Waals surface area (Å²) in [6.07, 6.45) is 0.618. The Labute approximate surface area is 105 Å². The second-order valence-electron chi connectivity index (χ2n) is 3.85. The van der Waals surface area contributed by atoms with Gasteiger partial charge < -0.3 is 10.2 Å². The molecule has 0 amide bonds. The summed E-state index contributed by atoms with van der Waals surface area (Å²) in [6.45, 7) is -0.182. The third kappa shape index (κ3) is 2.38. The fraction of sp³-hybridized carbons (Fsp3) is 0.143. The van der Waals surface area contributed by atoms with Gasteiger partial charge in [0.05, 0.1) is 23.9 Å². The van der Waals surface area contributed by atoms with Crippen molar-refractivity contribution in [3.05, 3.63) is 65.0 Å². The van der Waals surface area contributed by atoms with Crippen LogP contribution in [0.25, 0.3) is 0 Å². The average Bonchev–Trinajstić information content (AvgIpc) is 2.46. The third-order valence-electron chi connectivity index (χ3n) is 2.69. The molecule has 0 saturated carbocycles. The minimum Gasteiger partial charge on any atom is -0.392 e. The summed E-state index contributed by atoms with van der Waals surface area (Å²) >= 11 is 0. The molecule has 2 aromatic rings. The van der Waals surface area contributed by atoms with Crippen molar-refractivity contribution < 1.29 is 10.2 Å². The summed E-state index contributed by atoms with van der Waals surface area (Å²) in [4.78, 5) is 4.09. The van der Waals surface area contributed by atoms with E-state index in [1.807, 2.05) is 6.07 Å². The highest BCUT2D eigenvalue weighted by Crippen LogP contribution is 2.23. The predicted molar refractivity (Wildman–Crippen MR) is 65.4 cm³/mol. The summed E-state index contributed by atoms with van der Waals surface area (Å²) in [5, 5.41) is 28.3. The average molecular weight is 240 g/mol. The van der Waals surface area contributed by atoms with Gasteiger partial charge in [0.2, 0.25) is 0 Å². The van der Waals surface area contributed by atoms with Gasteiger partial charge in [0.25, 0.3) is 0 Å². The van der Waals surface area contributed by atoms with Gasteiger partial charge in [-0.2, -0.15) is 5.26 Å². The van der Waals surface area contributed by atoms with Gasteiger partial charge in [-0.1, -0.05) is 18.2 Å². The third-order valence-corrected chi connectivity index (χ3v) is 2.69. The Kier molecular flexibility index (Phi) is 3.68. The first-order valence-electron chi connectivity index (χ1n) is 5.49. The SMILES string of the molecule is N#Cc1cccc(C(O)c2ncccc2CO)c1. The largest absolute Gasteiger partial charge is 0.392 e. The summed E-state index contributed by atoms with van der Waals surface area (Å²) in [5.41, 5.74) is 2.05. The molecule has 1 atom stereocenters. The number of benzene rings is 1. The van der Waals surface area contributed by atoms with E-state index < -0.39 is 6.10 Å². The molecule has 4 nitrogen and oxygen atoms in total. The lowest BCUT2D eigenvalue weighted by Crippen LogP contribution is -2.06. The second-order valence-corrected chi connectivity index (χ2v) is 3.85. The van der Waals surface area contributed by atoms with E-state index in [4.69, 9.17) is 5.26 Å². The normalized spacial score (nSPS) is 11.8. The Morgan fingerprint density at radius 1 is 1.28 bits per heavy atom. The zero-order valence-electron chi connectivity index (χ0n) is 9.61. The molecule has 18 heavy (non-hydrogen) atoms. The molecule has 0 fully saturated rings. The quantitative estimate of drug-likeness (QED) is 0.852. The number of nitrogens with zero attached hydrogens (tertiary/aromatic N) is 2. The minimum atomic E-state index is -0.943. The van der Waals surface area contributed by atoms with E-state index >= 15 is 0 Å². The van der Waals surface area contributed by atoms with Crippen molar-refractivity contribution in [2.24, 2.45) is 0 Å². The zero-order chi connectivity index (χ0) is 13.0. The first-order chi connectivity index (χ1) is 8.76. The van der Waals surface area contributed by atoms with Crippen molar-refractivity contribution in [3.63, 3.8) is 0 Å². The standard InChI is InChI=1S/C14H12N2O2/c15-8-10-3-1-4-11(7-10)14(18)13-12(9-17)5-2-6-16-13/h1-7,14,17-18H,9H2. The molecule has 1 unspecified atom stereocenters. The van der Waals surface area contributed by atoms with Gasteiger partial charge >= 0.3 is 0 Å². The molecule has 0 spiro atoms. The number of hydrogen-bond donors (Lipinski definition) is 2. The number of pyridine rings is 1. The Morgan fingerprint density at radius 2 is 2.11 bits per heavy atom. The van der Waals surface area contributed by atoms with Crippen molar-refractivity contribution in [1.82, 2.24) is 4.98 Å². The Bertz CT molecular complexity index is 590. The van der Waals surface area contributed by atoms with Crippen LogP contribution in [0.15, 0.2) is 42.6 Å². The van der Waals surface area contributed by atoms with Crippen LogP contribution in [0.3, 0.4) is 0 Å². The second kappa shape index (κ2) is 5.41. The molecule has 0 aliphatic heterocycles. The van der Waals surface area contributed by atoms with E-state index in [2.05, 4.69) is 4.98 Å². The smallest absolute Gasteiger partial charge is 0.121 e. The predicted octanol–water partition coefficient (Wildman–Crippen LogP) is 1.53. The maximum Gasteiger partial charge on any atom is 0.121 e. The highest BCUT2D eigenvalue weighted by molar-refractivity contribution is 5.37. The molecule has 1 aromatic carbocycles. The first-order valence-corrected chi connectivity index (χ1v) is 5.49. The van der Waals surface area contributed by atoms with Crippen molar-refractivity contribution in [2.75, 3.05) is 0 Å². The molecular weight excluding hydrogens is 228 g/mol. The van der Waals surface area contributed by atoms with Gasteiger partial charge in [0.15, 0.2) is 0 Å². The molecule has 4 heteroatoms. The minimum absolute atomic E-state index is 0.182. The van der Waals surface area contributed by atoms with Crippen molar-refractivity contribution >= 4 is 0 Å². The van der Waals surface area contributed by atoms with Crippen molar-refractivity contribution in [2.45, 2.75) is 12.7 Å². The summed E-state index contributed by atoms with van der Waals surface area (Å²) in [5.74, 6) is 0. The van der Waals surface area contributed by atoms with Crippen LogP contribution in [0, 0.1) is 11.3 Å². The van der Waals surface area contributed by atoms with Crippen LogP contribution >= 0.6 is 0 Å². The van der Waals surface area contributed by atoms with Crippen LogP contribution in [0.4, 0.5) is 0 Å².